The van der Waals surface area contributed by atoms with Crippen molar-refractivity contribution in [2.24, 2.45) is 0 Å². The number of benzene rings is 1. The average molecular weight is 321 g/mol. The van der Waals surface area contributed by atoms with E-state index >= 15 is 0 Å². The number of carbonyl (C=O) groups excluding carboxylic acids is 2. The molecule has 9 nitrogen and oxygen atoms in total. The van der Waals surface area contributed by atoms with Gasteiger partial charge in [0, 0.05) is 44.5 Å². The summed E-state index contributed by atoms with van der Waals surface area (Å²) in [6.07, 6.45) is -0.903. The summed E-state index contributed by atoms with van der Waals surface area (Å²) in [6.45, 7) is 2.12. The molecule has 9 heteroatoms. The van der Waals surface area contributed by atoms with E-state index in [1.807, 2.05) is 0 Å². The Hall–Kier alpha value is -2.97. The molecule has 0 aliphatic carbocycles. The maximum absolute atomic E-state index is 11.8. The fourth-order valence-electron chi connectivity index (χ4n) is 2.23. The Morgan fingerprint density at radius 2 is 1.61 bits per heavy atom. The van der Waals surface area contributed by atoms with E-state index in [1.54, 1.807) is 24.3 Å². The Kier molecular flexibility index (Phi) is 5.23. The smallest absolute Gasteiger partial charge is 0.407 e. The van der Waals surface area contributed by atoms with Gasteiger partial charge in [0.05, 0.1) is 0 Å². The van der Waals surface area contributed by atoms with Gasteiger partial charge in [-0.15, -0.1) is 0 Å². The van der Waals surface area contributed by atoms with Gasteiger partial charge in [0.1, 0.15) is 0 Å². The molecule has 0 bridgehead atoms. The van der Waals surface area contributed by atoms with Gasteiger partial charge in [-0.2, -0.15) is 0 Å². The summed E-state index contributed by atoms with van der Waals surface area (Å²) >= 11 is 0. The molecule has 1 aromatic carbocycles. The fourth-order valence-corrected chi connectivity index (χ4v) is 2.23. The van der Waals surface area contributed by atoms with E-state index in [-0.39, 0.29) is 0 Å². The fraction of sp³-hybridized carbons (Fsp3) is 0.357. The number of nitrogens with zero attached hydrogens (tertiary/aromatic N) is 2. The molecule has 124 valence electrons. The van der Waals surface area contributed by atoms with Crippen molar-refractivity contribution in [3.8, 4) is 0 Å². The Morgan fingerprint density at radius 1 is 1.00 bits per heavy atom. The molecular formula is C14H19N5O4. The molecule has 1 aliphatic heterocycles. The third-order valence-electron chi connectivity index (χ3n) is 3.56. The number of hydrogen-bond donors (Lipinski definition) is 4. The minimum atomic E-state index is -0.903. The number of hydrogen-bond acceptors (Lipinski definition) is 4. The van der Waals surface area contributed by atoms with E-state index in [0.29, 0.717) is 31.7 Å². The van der Waals surface area contributed by atoms with E-state index in [2.05, 4.69) is 21.1 Å². The predicted octanol–water partition coefficient (Wildman–Crippen LogP) is 0.0604. The molecule has 0 unspecified atom stereocenters. The van der Waals surface area contributed by atoms with Crippen molar-refractivity contribution >= 4 is 23.7 Å². The minimum Gasteiger partial charge on any atom is -0.465 e. The van der Waals surface area contributed by atoms with Crippen molar-refractivity contribution in [1.29, 1.82) is 0 Å². The first-order chi connectivity index (χ1) is 11.0. The normalized spacial score (nSPS) is 14.1. The highest BCUT2D eigenvalue weighted by Crippen LogP contribution is 2.17. The highest BCUT2D eigenvalue weighted by Gasteiger charge is 2.20. The van der Waals surface area contributed by atoms with Crippen LogP contribution in [0, 0.1) is 0 Å². The van der Waals surface area contributed by atoms with Gasteiger partial charge in [-0.1, -0.05) is 0 Å². The second kappa shape index (κ2) is 7.34. The predicted molar refractivity (Wildman–Crippen MR) is 83.3 cm³/mol. The summed E-state index contributed by atoms with van der Waals surface area (Å²) in [5, 5.41) is 11.2. The Balaban J connectivity index is 1.91. The number of anilines is 1. The van der Waals surface area contributed by atoms with E-state index in [0.717, 1.165) is 5.69 Å². The van der Waals surface area contributed by atoms with Gasteiger partial charge in [0.2, 0.25) is 0 Å². The van der Waals surface area contributed by atoms with Gasteiger partial charge >= 0.3 is 12.1 Å². The van der Waals surface area contributed by atoms with Crippen molar-refractivity contribution in [2.45, 2.75) is 0 Å². The van der Waals surface area contributed by atoms with Crippen molar-refractivity contribution in [3.05, 3.63) is 29.8 Å². The van der Waals surface area contributed by atoms with Gasteiger partial charge in [-0.05, 0) is 24.3 Å². The highest BCUT2D eigenvalue weighted by atomic mass is 16.4. The number of carbonyl (C=O) groups is 3. The Labute approximate surface area is 133 Å². The summed E-state index contributed by atoms with van der Waals surface area (Å²) in [7, 11) is 1.44. The number of piperazine rings is 1. The molecule has 1 fully saturated rings. The molecule has 0 saturated carbocycles. The number of nitrogens with one attached hydrogen (secondary N) is 3. The highest BCUT2D eigenvalue weighted by molar-refractivity contribution is 5.95. The molecule has 1 heterocycles. The van der Waals surface area contributed by atoms with Crippen LogP contribution in [0.3, 0.4) is 0 Å². The lowest BCUT2D eigenvalue weighted by molar-refractivity contribution is 0.0936. The molecule has 0 atom stereocenters. The van der Waals surface area contributed by atoms with Crippen LogP contribution in [-0.2, 0) is 0 Å². The number of amides is 4. The van der Waals surface area contributed by atoms with Crippen LogP contribution < -0.4 is 21.1 Å². The summed E-state index contributed by atoms with van der Waals surface area (Å²) < 4.78 is 0. The van der Waals surface area contributed by atoms with Crippen LogP contribution in [0.1, 0.15) is 10.4 Å². The first-order valence-electron chi connectivity index (χ1n) is 7.12. The molecular weight excluding hydrogens is 302 g/mol. The van der Waals surface area contributed by atoms with Gasteiger partial charge in [0.15, 0.2) is 0 Å². The molecule has 1 aliphatic rings. The van der Waals surface area contributed by atoms with Gasteiger partial charge in [0.25, 0.3) is 5.91 Å². The zero-order chi connectivity index (χ0) is 16.8. The van der Waals surface area contributed by atoms with Crippen molar-refractivity contribution in [1.82, 2.24) is 21.1 Å². The monoisotopic (exact) mass is 321 g/mol. The molecule has 4 amide bonds. The number of carboxylic acid groups (broad SMARTS) is 1. The van der Waals surface area contributed by atoms with Crippen LogP contribution in [0.15, 0.2) is 24.3 Å². The number of rotatable bonds is 2. The lowest BCUT2D eigenvalue weighted by atomic mass is 10.1. The second-order valence-electron chi connectivity index (χ2n) is 4.96. The summed E-state index contributed by atoms with van der Waals surface area (Å²) in [5.74, 6) is -0.421. The van der Waals surface area contributed by atoms with Crippen LogP contribution in [0.5, 0.6) is 0 Å². The molecule has 1 saturated heterocycles. The zero-order valence-electron chi connectivity index (χ0n) is 12.7. The third kappa shape index (κ3) is 4.25. The van der Waals surface area contributed by atoms with Gasteiger partial charge in [-0.25, -0.2) is 15.0 Å². The maximum atomic E-state index is 11.8. The molecule has 2 rings (SSSR count). The third-order valence-corrected chi connectivity index (χ3v) is 3.56. The second-order valence-corrected chi connectivity index (χ2v) is 4.96. The molecule has 0 spiro atoms. The zero-order valence-corrected chi connectivity index (χ0v) is 12.7. The van der Waals surface area contributed by atoms with Crippen LogP contribution in [0.4, 0.5) is 15.3 Å². The van der Waals surface area contributed by atoms with E-state index < -0.39 is 18.0 Å². The lowest BCUT2D eigenvalue weighted by Gasteiger charge is -2.34. The average Bonchev–Trinajstić information content (AvgIpc) is 2.59. The van der Waals surface area contributed by atoms with Crippen molar-refractivity contribution in [3.63, 3.8) is 0 Å². The maximum Gasteiger partial charge on any atom is 0.407 e. The van der Waals surface area contributed by atoms with E-state index in [4.69, 9.17) is 5.11 Å². The Morgan fingerprint density at radius 3 is 2.13 bits per heavy atom. The van der Waals surface area contributed by atoms with Gasteiger partial charge in [-0.3, -0.25) is 10.2 Å². The molecule has 0 aromatic heterocycles. The van der Waals surface area contributed by atoms with Gasteiger partial charge < -0.3 is 20.2 Å². The Bertz CT molecular complexity index is 581. The van der Waals surface area contributed by atoms with Crippen molar-refractivity contribution < 1.29 is 19.5 Å². The molecule has 0 radical (unpaired) electrons. The molecule has 1 aromatic rings. The lowest BCUT2D eigenvalue weighted by Crippen LogP contribution is -2.48. The number of urea groups is 1. The van der Waals surface area contributed by atoms with Crippen LogP contribution in [0.25, 0.3) is 0 Å². The topological polar surface area (TPSA) is 114 Å². The largest absolute Gasteiger partial charge is 0.465 e. The molecule has 4 N–H and O–H groups in total. The standard InChI is InChI=1S/C14H19N5O4/c1-15-13(21)17-16-12(20)10-2-4-11(5-3-10)18-6-8-19(9-7-18)14(22)23/h2-5H,6-9H2,1H3,(H,16,20)(H,22,23)(H2,15,17,21). The quantitative estimate of drug-likeness (QED) is 0.575. The number of hydrazine groups is 1. The van der Waals surface area contributed by atoms with Crippen molar-refractivity contribution in [2.75, 3.05) is 38.1 Å². The van der Waals surface area contributed by atoms with Crippen LogP contribution in [-0.4, -0.2) is 61.3 Å². The summed E-state index contributed by atoms with van der Waals surface area (Å²) in [4.78, 5) is 37.1. The van der Waals surface area contributed by atoms with Crippen LogP contribution in [0.2, 0.25) is 0 Å². The summed E-state index contributed by atoms with van der Waals surface area (Å²) in [6, 6.07) is 6.39. The first kappa shape index (κ1) is 16.4. The minimum absolute atomic E-state index is 0.411. The first-order valence-corrected chi connectivity index (χ1v) is 7.12. The van der Waals surface area contributed by atoms with Crippen LogP contribution >= 0.6 is 0 Å². The van der Waals surface area contributed by atoms with E-state index in [1.165, 1.54) is 11.9 Å². The van der Waals surface area contributed by atoms with E-state index in [9.17, 15) is 14.4 Å². The summed E-state index contributed by atoms with van der Waals surface area (Å²) in [5.41, 5.74) is 5.82. The molecule has 23 heavy (non-hydrogen) atoms. The SMILES string of the molecule is CNC(=O)NNC(=O)c1ccc(N2CCN(C(=O)O)CC2)cc1.